The van der Waals surface area contributed by atoms with Gasteiger partial charge in [-0.2, -0.15) is 9.38 Å². The van der Waals surface area contributed by atoms with Crippen molar-refractivity contribution in [2.45, 2.75) is 25.8 Å². The maximum atomic E-state index is 11.2. The van der Waals surface area contributed by atoms with E-state index in [4.69, 9.17) is 4.42 Å². The van der Waals surface area contributed by atoms with Crippen LogP contribution in [0, 0.1) is 10.1 Å². The molecule has 0 amide bonds. The lowest BCUT2D eigenvalue weighted by Crippen LogP contribution is -2.17. The zero-order valence-corrected chi connectivity index (χ0v) is 12.2. The molecule has 0 aromatic carbocycles. The molecule has 8 heteroatoms. The van der Waals surface area contributed by atoms with Gasteiger partial charge >= 0.3 is 5.82 Å². The van der Waals surface area contributed by atoms with Crippen LogP contribution in [0.2, 0.25) is 0 Å². The zero-order valence-electron chi connectivity index (χ0n) is 11.4. The lowest BCUT2D eigenvalue weighted by Gasteiger charge is -2.11. The lowest BCUT2D eigenvalue weighted by molar-refractivity contribution is -0.389. The first-order valence-corrected chi connectivity index (χ1v) is 7.42. The summed E-state index contributed by atoms with van der Waals surface area (Å²) in [6.45, 7) is 1.97. The van der Waals surface area contributed by atoms with Crippen LogP contribution < -0.4 is 5.32 Å². The van der Waals surface area contributed by atoms with Crippen LogP contribution in [0.3, 0.4) is 0 Å². The highest BCUT2D eigenvalue weighted by Gasteiger charge is 2.24. The van der Waals surface area contributed by atoms with Crippen LogP contribution in [0.4, 0.5) is 11.6 Å². The number of hydrogen-bond acceptors (Lipinski definition) is 6. The number of nitro groups is 1. The average molecular weight is 306 g/mol. The van der Waals surface area contributed by atoms with Gasteiger partial charge in [-0.3, -0.25) is 0 Å². The van der Waals surface area contributed by atoms with Gasteiger partial charge in [0.05, 0.1) is 6.26 Å². The van der Waals surface area contributed by atoms with E-state index >= 15 is 0 Å². The molecule has 0 bridgehead atoms. The number of fused-ring (bicyclic) bond motifs is 1. The molecule has 0 fully saturated rings. The van der Waals surface area contributed by atoms with E-state index in [2.05, 4.69) is 10.3 Å². The number of rotatable bonds is 6. The van der Waals surface area contributed by atoms with E-state index in [0.717, 1.165) is 18.6 Å². The van der Waals surface area contributed by atoms with E-state index < -0.39 is 4.92 Å². The van der Waals surface area contributed by atoms with E-state index in [1.54, 1.807) is 17.8 Å². The zero-order chi connectivity index (χ0) is 14.8. The number of nitrogens with zero attached hydrogens (tertiary/aromatic N) is 3. The molecule has 110 valence electrons. The number of nitrogens with one attached hydrogen (secondary N) is 1. The smallest absolute Gasteiger partial charge is 0.372 e. The minimum atomic E-state index is -0.408. The topological polar surface area (TPSA) is 85.6 Å². The molecular weight excluding hydrogens is 292 g/mol. The van der Waals surface area contributed by atoms with Crippen molar-refractivity contribution >= 4 is 27.9 Å². The Morgan fingerprint density at radius 2 is 2.48 bits per heavy atom. The Kier molecular flexibility index (Phi) is 3.61. The Labute approximate surface area is 124 Å². The van der Waals surface area contributed by atoms with Crippen molar-refractivity contribution in [3.05, 3.63) is 45.8 Å². The number of furan rings is 1. The molecule has 0 spiro atoms. The fourth-order valence-corrected chi connectivity index (χ4v) is 2.87. The van der Waals surface area contributed by atoms with E-state index in [1.165, 1.54) is 15.7 Å². The Bertz CT molecular complexity index is 747. The van der Waals surface area contributed by atoms with Crippen LogP contribution in [0.25, 0.3) is 4.96 Å². The summed E-state index contributed by atoms with van der Waals surface area (Å²) in [5.41, 5.74) is 0. The van der Waals surface area contributed by atoms with Crippen molar-refractivity contribution in [3.8, 4) is 0 Å². The number of hydrogen-bond donors (Lipinski definition) is 1. The van der Waals surface area contributed by atoms with E-state index in [9.17, 15) is 10.1 Å². The summed E-state index contributed by atoms with van der Waals surface area (Å²) in [5, 5.41) is 16.1. The minimum absolute atomic E-state index is 0.0175. The first kappa shape index (κ1) is 13.6. The lowest BCUT2D eigenvalue weighted by atomic mass is 10.1. The second kappa shape index (κ2) is 5.57. The second-order valence-electron chi connectivity index (χ2n) is 4.76. The second-order valence-corrected chi connectivity index (χ2v) is 5.63. The monoisotopic (exact) mass is 306 g/mol. The van der Waals surface area contributed by atoms with Crippen molar-refractivity contribution in [2.75, 3.05) is 5.32 Å². The Hall–Kier alpha value is -2.35. The number of anilines is 1. The summed E-state index contributed by atoms with van der Waals surface area (Å²) in [4.78, 5) is 15.7. The molecule has 3 aromatic rings. The van der Waals surface area contributed by atoms with Gasteiger partial charge in [0.15, 0.2) is 0 Å². The summed E-state index contributed by atoms with van der Waals surface area (Å²) >= 11 is 1.37. The van der Waals surface area contributed by atoms with Crippen molar-refractivity contribution in [1.82, 2.24) is 9.38 Å². The van der Waals surface area contributed by atoms with Gasteiger partial charge in [0.2, 0.25) is 5.82 Å². The molecule has 0 saturated heterocycles. The Balaban J connectivity index is 1.73. The molecule has 7 nitrogen and oxygen atoms in total. The highest BCUT2D eigenvalue weighted by Crippen LogP contribution is 2.28. The average Bonchev–Trinajstić information content (AvgIpc) is 3.11. The standard InChI is InChI=1S/C13H14N4O3S/c1-9(4-5-10-3-2-7-20-10)14-11-12(17(18)19)16-6-8-21-13(16)15-11/h2-3,6-9,14H,4-5H2,1H3/t9-/m0/s1. The molecule has 1 N–H and O–H groups in total. The molecule has 0 unspecified atom stereocenters. The van der Waals surface area contributed by atoms with Crippen LogP contribution in [-0.4, -0.2) is 20.3 Å². The molecule has 21 heavy (non-hydrogen) atoms. The normalized spacial score (nSPS) is 12.6. The predicted octanol–water partition coefficient (Wildman–Crippen LogP) is 3.33. The fourth-order valence-electron chi connectivity index (χ4n) is 2.16. The summed E-state index contributed by atoms with van der Waals surface area (Å²) in [6, 6.07) is 3.82. The van der Waals surface area contributed by atoms with Crippen LogP contribution in [0.5, 0.6) is 0 Å². The van der Waals surface area contributed by atoms with Gasteiger partial charge in [-0.05, 0) is 30.4 Å². The number of thiazole rings is 1. The molecule has 0 aliphatic heterocycles. The minimum Gasteiger partial charge on any atom is -0.469 e. The maximum Gasteiger partial charge on any atom is 0.372 e. The third-order valence-electron chi connectivity index (χ3n) is 3.20. The van der Waals surface area contributed by atoms with E-state index in [-0.39, 0.29) is 11.9 Å². The first-order valence-electron chi connectivity index (χ1n) is 6.54. The number of imidazole rings is 1. The van der Waals surface area contributed by atoms with Gasteiger partial charge < -0.3 is 19.8 Å². The molecule has 0 aliphatic carbocycles. The molecule has 3 aromatic heterocycles. The molecule has 0 aliphatic rings. The third kappa shape index (κ3) is 2.75. The first-order chi connectivity index (χ1) is 10.1. The van der Waals surface area contributed by atoms with Crippen LogP contribution >= 0.6 is 11.3 Å². The third-order valence-corrected chi connectivity index (χ3v) is 3.95. The summed E-state index contributed by atoms with van der Waals surface area (Å²) in [7, 11) is 0. The molecular formula is C13H14N4O3S. The van der Waals surface area contributed by atoms with Crippen LogP contribution in [-0.2, 0) is 6.42 Å². The SMILES string of the molecule is C[C@@H](CCc1ccco1)Nc1nc2sccn2c1[N+](=O)[O-]. The summed E-state index contributed by atoms with van der Waals surface area (Å²) < 4.78 is 6.77. The molecule has 3 heterocycles. The Morgan fingerprint density at radius 3 is 3.19 bits per heavy atom. The van der Waals surface area contributed by atoms with Gasteiger partial charge in [0, 0.05) is 17.8 Å². The van der Waals surface area contributed by atoms with Crippen LogP contribution in [0.1, 0.15) is 19.1 Å². The van der Waals surface area contributed by atoms with E-state index in [1.807, 2.05) is 19.1 Å². The summed E-state index contributed by atoms with van der Waals surface area (Å²) in [6.07, 6.45) is 4.87. The number of aryl methyl sites for hydroxylation is 1. The predicted molar refractivity (Wildman–Crippen MR) is 79.8 cm³/mol. The van der Waals surface area contributed by atoms with E-state index in [0.29, 0.717) is 10.8 Å². The number of aromatic nitrogens is 2. The molecule has 0 radical (unpaired) electrons. The van der Waals surface area contributed by atoms with Crippen molar-refractivity contribution in [2.24, 2.45) is 0 Å². The highest BCUT2D eigenvalue weighted by molar-refractivity contribution is 7.15. The Morgan fingerprint density at radius 1 is 1.62 bits per heavy atom. The van der Waals surface area contributed by atoms with Gasteiger partial charge in [0.25, 0.3) is 4.96 Å². The highest BCUT2D eigenvalue weighted by atomic mass is 32.1. The van der Waals surface area contributed by atoms with Crippen LogP contribution in [0.15, 0.2) is 34.4 Å². The van der Waals surface area contributed by atoms with Gasteiger partial charge in [-0.25, -0.2) is 0 Å². The van der Waals surface area contributed by atoms with Crippen molar-refractivity contribution in [1.29, 1.82) is 0 Å². The van der Waals surface area contributed by atoms with Gasteiger partial charge in [-0.1, -0.05) is 11.3 Å². The van der Waals surface area contributed by atoms with Gasteiger partial charge in [0.1, 0.15) is 12.0 Å². The van der Waals surface area contributed by atoms with Gasteiger partial charge in [-0.15, -0.1) is 0 Å². The van der Waals surface area contributed by atoms with Crippen molar-refractivity contribution in [3.63, 3.8) is 0 Å². The molecule has 3 rings (SSSR count). The molecule has 0 saturated carbocycles. The molecule has 1 atom stereocenters. The quantitative estimate of drug-likeness (QED) is 0.557. The summed E-state index contributed by atoms with van der Waals surface area (Å²) in [5.74, 6) is 1.21. The largest absolute Gasteiger partial charge is 0.469 e. The fraction of sp³-hybridized carbons (Fsp3) is 0.308. The maximum absolute atomic E-state index is 11.2. The van der Waals surface area contributed by atoms with Crippen molar-refractivity contribution < 1.29 is 9.34 Å².